The van der Waals surface area contributed by atoms with E-state index in [0.29, 0.717) is 24.4 Å². The third-order valence-electron chi connectivity index (χ3n) is 3.45. The summed E-state index contributed by atoms with van der Waals surface area (Å²) in [7, 11) is 0. The molecule has 2 heterocycles. The third-order valence-corrected chi connectivity index (χ3v) is 3.45. The number of furan rings is 1. The molecule has 0 unspecified atom stereocenters. The first-order valence-corrected chi connectivity index (χ1v) is 7.22. The standard InChI is InChI=1S/C18H16N2O3/c21-16-5-3-14(4-6-16)12-20(13-17-2-1-11-23-17)18(22)15-7-9-19-10-8-15/h1-11,21H,12-13H2. The van der Waals surface area contributed by atoms with Crippen molar-refractivity contribution in [2.75, 3.05) is 0 Å². The molecule has 0 fully saturated rings. The summed E-state index contributed by atoms with van der Waals surface area (Å²) in [6, 6.07) is 13.8. The summed E-state index contributed by atoms with van der Waals surface area (Å²) in [6.07, 6.45) is 4.78. The molecule has 0 radical (unpaired) electrons. The lowest BCUT2D eigenvalue weighted by Crippen LogP contribution is -2.30. The fourth-order valence-electron chi connectivity index (χ4n) is 2.29. The highest BCUT2D eigenvalue weighted by molar-refractivity contribution is 5.94. The van der Waals surface area contributed by atoms with Crippen LogP contribution in [0, 0.1) is 0 Å². The molecule has 23 heavy (non-hydrogen) atoms. The van der Waals surface area contributed by atoms with E-state index in [1.54, 1.807) is 66.0 Å². The van der Waals surface area contributed by atoms with Gasteiger partial charge in [-0.05, 0) is 42.0 Å². The summed E-state index contributed by atoms with van der Waals surface area (Å²) in [5.74, 6) is 0.815. The van der Waals surface area contributed by atoms with Gasteiger partial charge in [0.05, 0.1) is 12.8 Å². The van der Waals surface area contributed by atoms with Gasteiger partial charge in [0.2, 0.25) is 0 Å². The lowest BCUT2D eigenvalue weighted by atomic mass is 10.1. The molecule has 1 N–H and O–H groups in total. The van der Waals surface area contributed by atoms with E-state index in [9.17, 15) is 9.90 Å². The molecule has 0 saturated heterocycles. The highest BCUT2D eigenvalue weighted by Gasteiger charge is 2.17. The Hall–Kier alpha value is -3.08. The van der Waals surface area contributed by atoms with Gasteiger partial charge >= 0.3 is 0 Å². The second kappa shape index (κ2) is 6.79. The Morgan fingerprint density at radius 1 is 1.04 bits per heavy atom. The van der Waals surface area contributed by atoms with Crippen LogP contribution in [0.5, 0.6) is 5.75 Å². The van der Waals surface area contributed by atoms with Gasteiger partial charge in [-0.3, -0.25) is 9.78 Å². The maximum absolute atomic E-state index is 12.7. The molecule has 0 bridgehead atoms. The molecule has 2 aromatic heterocycles. The minimum Gasteiger partial charge on any atom is -0.508 e. The summed E-state index contributed by atoms with van der Waals surface area (Å²) >= 11 is 0. The quantitative estimate of drug-likeness (QED) is 0.786. The van der Waals surface area contributed by atoms with Crippen molar-refractivity contribution in [1.82, 2.24) is 9.88 Å². The Morgan fingerprint density at radius 3 is 2.43 bits per heavy atom. The third kappa shape index (κ3) is 3.77. The van der Waals surface area contributed by atoms with Gasteiger partial charge in [-0.15, -0.1) is 0 Å². The van der Waals surface area contributed by atoms with E-state index in [-0.39, 0.29) is 11.7 Å². The SMILES string of the molecule is O=C(c1ccncc1)N(Cc1ccc(O)cc1)Cc1ccco1. The van der Waals surface area contributed by atoms with E-state index >= 15 is 0 Å². The first kappa shape index (κ1) is 14.8. The highest BCUT2D eigenvalue weighted by atomic mass is 16.3. The van der Waals surface area contributed by atoms with E-state index in [0.717, 1.165) is 5.56 Å². The van der Waals surface area contributed by atoms with E-state index in [4.69, 9.17) is 4.42 Å². The van der Waals surface area contributed by atoms with Crippen molar-refractivity contribution in [2.45, 2.75) is 13.1 Å². The Morgan fingerprint density at radius 2 is 1.78 bits per heavy atom. The van der Waals surface area contributed by atoms with Gasteiger partial charge < -0.3 is 14.4 Å². The van der Waals surface area contributed by atoms with Crippen LogP contribution in [-0.2, 0) is 13.1 Å². The number of hydrogen-bond acceptors (Lipinski definition) is 4. The number of carbonyl (C=O) groups excluding carboxylic acids is 1. The predicted octanol–water partition coefficient (Wildman–Crippen LogP) is 3.22. The molecule has 0 spiro atoms. The largest absolute Gasteiger partial charge is 0.508 e. The number of hydrogen-bond donors (Lipinski definition) is 1. The van der Waals surface area contributed by atoms with Gasteiger partial charge in [0.1, 0.15) is 11.5 Å². The number of phenols is 1. The zero-order valence-electron chi connectivity index (χ0n) is 12.4. The Bertz CT molecular complexity index is 753. The molecule has 3 aromatic rings. The van der Waals surface area contributed by atoms with Crippen LogP contribution < -0.4 is 0 Å². The number of amides is 1. The molecule has 0 aliphatic carbocycles. The lowest BCUT2D eigenvalue weighted by Gasteiger charge is -2.22. The Labute approximate surface area is 133 Å². The van der Waals surface area contributed by atoms with E-state index in [1.165, 1.54) is 0 Å². The second-order valence-corrected chi connectivity index (χ2v) is 5.14. The normalized spacial score (nSPS) is 10.4. The Balaban J connectivity index is 1.83. The van der Waals surface area contributed by atoms with Crippen molar-refractivity contribution < 1.29 is 14.3 Å². The van der Waals surface area contributed by atoms with Gasteiger partial charge in [0, 0.05) is 24.5 Å². The molecule has 3 rings (SSSR count). The first-order valence-electron chi connectivity index (χ1n) is 7.22. The molecule has 0 atom stereocenters. The number of carbonyl (C=O) groups is 1. The molecular formula is C18H16N2O3. The van der Waals surface area contributed by atoms with Crippen molar-refractivity contribution in [3.05, 3.63) is 84.1 Å². The van der Waals surface area contributed by atoms with Crippen molar-refractivity contribution in [3.63, 3.8) is 0 Å². The summed E-state index contributed by atoms with van der Waals surface area (Å²) in [4.78, 5) is 18.4. The molecule has 5 heteroatoms. The summed E-state index contributed by atoms with van der Waals surface area (Å²) in [5, 5.41) is 9.38. The molecule has 1 aromatic carbocycles. The van der Waals surface area contributed by atoms with Crippen LogP contribution in [-0.4, -0.2) is 20.9 Å². The topological polar surface area (TPSA) is 66.6 Å². The molecule has 116 valence electrons. The zero-order chi connectivity index (χ0) is 16.1. The fourth-order valence-corrected chi connectivity index (χ4v) is 2.29. The lowest BCUT2D eigenvalue weighted by molar-refractivity contribution is 0.0717. The van der Waals surface area contributed by atoms with E-state index < -0.39 is 0 Å². The fraction of sp³-hybridized carbons (Fsp3) is 0.111. The molecule has 0 aliphatic heterocycles. The number of phenolic OH excluding ortho intramolecular Hbond substituents is 1. The maximum atomic E-state index is 12.7. The van der Waals surface area contributed by atoms with Crippen LogP contribution in [0.25, 0.3) is 0 Å². The van der Waals surface area contributed by atoms with Gasteiger partial charge in [0.15, 0.2) is 0 Å². The van der Waals surface area contributed by atoms with E-state index in [1.807, 2.05) is 6.07 Å². The summed E-state index contributed by atoms with van der Waals surface area (Å²) < 4.78 is 5.36. The van der Waals surface area contributed by atoms with Crippen molar-refractivity contribution >= 4 is 5.91 Å². The van der Waals surface area contributed by atoms with Crippen LogP contribution >= 0.6 is 0 Å². The monoisotopic (exact) mass is 308 g/mol. The smallest absolute Gasteiger partial charge is 0.254 e. The van der Waals surface area contributed by atoms with Crippen LogP contribution in [0.3, 0.4) is 0 Å². The number of aromatic hydroxyl groups is 1. The molecule has 0 saturated carbocycles. The van der Waals surface area contributed by atoms with Gasteiger partial charge in [-0.2, -0.15) is 0 Å². The van der Waals surface area contributed by atoms with Gasteiger partial charge in [-0.25, -0.2) is 0 Å². The maximum Gasteiger partial charge on any atom is 0.254 e. The summed E-state index contributed by atoms with van der Waals surface area (Å²) in [5.41, 5.74) is 1.50. The predicted molar refractivity (Wildman–Crippen MR) is 84.6 cm³/mol. The number of benzene rings is 1. The van der Waals surface area contributed by atoms with Crippen molar-refractivity contribution in [2.24, 2.45) is 0 Å². The Kier molecular flexibility index (Phi) is 4.38. The minimum absolute atomic E-state index is 0.100. The van der Waals surface area contributed by atoms with E-state index in [2.05, 4.69) is 4.98 Å². The number of rotatable bonds is 5. The van der Waals surface area contributed by atoms with Crippen LogP contribution in [0.1, 0.15) is 21.7 Å². The first-order chi connectivity index (χ1) is 11.2. The van der Waals surface area contributed by atoms with Gasteiger partial charge in [-0.1, -0.05) is 12.1 Å². The molecule has 0 aliphatic rings. The summed E-state index contributed by atoms with van der Waals surface area (Å²) in [6.45, 7) is 0.789. The average molecular weight is 308 g/mol. The average Bonchev–Trinajstić information content (AvgIpc) is 3.09. The van der Waals surface area contributed by atoms with Crippen molar-refractivity contribution in [3.8, 4) is 5.75 Å². The molecule has 1 amide bonds. The number of pyridine rings is 1. The minimum atomic E-state index is -0.100. The van der Waals surface area contributed by atoms with Crippen LogP contribution in [0.2, 0.25) is 0 Å². The van der Waals surface area contributed by atoms with Crippen LogP contribution in [0.4, 0.5) is 0 Å². The molecular weight excluding hydrogens is 292 g/mol. The second-order valence-electron chi connectivity index (χ2n) is 5.14. The zero-order valence-corrected chi connectivity index (χ0v) is 12.4. The molecule has 5 nitrogen and oxygen atoms in total. The number of aromatic nitrogens is 1. The van der Waals surface area contributed by atoms with Crippen LogP contribution in [0.15, 0.2) is 71.6 Å². The van der Waals surface area contributed by atoms with Crippen molar-refractivity contribution in [1.29, 1.82) is 0 Å². The number of nitrogens with zero attached hydrogens (tertiary/aromatic N) is 2. The highest BCUT2D eigenvalue weighted by Crippen LogP contribution is 2.16. The van der Waals surface area contributed by atoms with Gasteiger partial charge in [0.25, 0.3) is 5.91 Å².